The van der Waals surface area contributed by atoms with Gasteiger partial charge in [-0.3, -0.25) is 4.79 Å². The van der Waals surface area contributed by atoms with Crippen LogP contribution in [0.15, 0.2) is 24.3 Å². The first-order chi connectivity index (χ1) is 12.5. The van der Waals surface area contributed by atoms with Gasteiger partial charge in [-0.1, -0.05) is 25.8 Å². The SMILES string of the molecule is CCCCCNC(=O)COC(=O)/C=C/c1ccc(OC(F)F)c(OC)c1. The third kappa shape index (κ3) is 8.46. The lowest BCUT2D eigenvalue weighted by Gasteiger charge is -2.10. The van der Waals surface area contributed by atoms with Crippen molar-refractivity contribution < 1.29 is 32.6 Å². The zero-order valence-corrected chi connectivity index (χ0v) is 14.8. The predicted molar refractivity (Wildman–Crippen MR) is 92.2 cm³/mol. The van der Waals surface area contributed by atoms with Crippen molar-refractivity contribution >= 4 is 18.0 Å². The largest absolute Gasteiger partial charge is 0.493 e. The van der Waals surface area contributed by atoms with E-state index in [1.807, 2.05) is 0 Å². The molecule has 0 aliphatic carbocycles. The molecule has 0 fully saturated rings. The Bertz CT molecular complexity index is 620. The van der Waals surface area contributed by atoms with Crippen LogP contribution < -0.4 is 14.8 Å². The molecule has 0 spiro atoms. The molecule has 0 unspecified atom stereocenters. The number of hydrogen-bond acceptors (Lipinski definition) is 5. The molecule has 0 saturated carbocycles. The Hall–Kier alpha value is -2.64. The number of halogens is 2. The van der Waals surface area contributed by atoms with Crippen LogP contribution in [-0.4, -0.2) is 38.7 Å². The number of esters is 1. The van der Waals surface area contributed by atoms with E-state index in [2.05, 4.69) is 17.0 Å². The molecule has 144 valence electrons. The summed E-state index contributed by atoms with van der Waals surface area (Å²) < 4.78 is 38.6. The lowest BCUT2D eigenvalue weighted by atomic mass is 10.2. The van der Waals surface area contributed by atoms with E-state index in [9.17, 15) is 18.4 Å². The fraction of sp³-hybridized carbons (Fsp3) is 0.444. The standard InChI is InChI=1S/C18H23F2NO5/c1-3-4-5-10-21-16(22)12-25-17(23)9-7-13-6-8-14(26-18(19)20)15(11-13)24-2/h6-9,11,18H,3-5,10,12H2,1-2H3,(H,21,22)/b9-7+. The summed E-state index contributed by atoms with van der Waals surface area (Å²) in [6, 6.07) is 4.21. The van der Waals surface area contributed by atoms with Gasteiger partial charge in [-0.25, -0.2) is 4.79 Å². The molecule has 0 saturated heterocycles. The van der Waals surface area contributed by atoms with E-state index < -0.39 is 12.6 Å². The number of alkyl halides is 2. The molecule has 0 aliphatic rings. The number of carbonyl (C=O) groups excluding carboxylic acids is 2. The molecule has 1 aromatic carbocycles. The van der Waals surface area contributed by atoms with Crippen molar-refractivity contribution in [2.24, 2.45) is 0 Å². The average molecular weight is 371 g/mol. The van der Waals surface area contributed by atoms with Crippen LogP contribution in [0, 0.1) is 0 Å². The molecular formula is C18H23F2NO5. The average Bonchev–Trinajstić information content (AvgIpc) is 2.62. The van der Waals surface area contributed by atoms with E-state index in [-0.39, 0.29) is 24.0 Å². The van der Waals surface area contributed by atoms with Crippen LogP contribution in [0.25, 0.3) is 6.08 Å². The predicted octanol–water partition coefficient (Wildman–Crippen LogP) is 3.16. The Morgan fingerprint density at radius 2 is 2.00 bits per heavy atom. The van der Waals surface area contributed by atoms with Gasteiger partial charge in [0.1, 0.15) is 0 Å². The molecule has 0 heterocycles. The van der Waals surface area contributed by atoms with Crippen LogP contribution in [0.2, 0.25) is 0 Å². The van der Waals surface area contributed by atoms with E-state index in [1.165, 1.54) is 31.4 Å². The van der Waals surface area contributed by atoms with Crippen molar-refractivity contribution in [3.8, 4) is 11.5 Å². The zero-order chi connectivity index (χ0) is 19.4. The summed E-state index contributed by atoms with van der Waals surface area (Å²) in [5, 5.41) is 2.65. The number of rotatable bonds is 11. The quantitative estimate of drug-likeness (QED) is 0.367. The molecule has 1 aromatic rings. The van der Waals surface area contributed by atoms with E-state index >= 15 is 0 Å². The van der Waals surface area contributed by atoms with E-state index in [0.717, 1.165) is 25.3 Å². The highest BCUT2D eigenvalue weighted by atomic mass is 19.3. The highest BCUT2D eigenvalue weighted by molar-refractivity contribution is 5.89. The summed E-state index contributed by atoms with van der Waals surface area (Å²) in [6.45, 7) is -0.717. The fourth-order valence-electron chi connectivity index (χ4n) is 1.98. The van der Waals surface area contributed by atoms with Crippen LogP contribution in [0.1, 0.15) is 31.7 Å². The molecule has 0 aliphatic heterocycles. The Morgan fingerprint density at radius 3 is 2.65 bits per heavy atom. The topological polar surface area (TPSA) is 73.9 Å². The van der Waals surface area contributed by atoms with Crippen LogP contribution in [0.5, 0.6) is 11.5 Å². The van der Waals surface area contributed by atoms with Gasteiger partial charge in [-0.15, -0.1) is 0 Å². The van der Waals surface area contributed by atoms with E-state index in [1.54, 1.807) is 0 Å². The number of amides is 1. The lowest BCUT2D eigenvalue weighted by Crippen LogP contribution is -2.29. The third-order valence-corrected chi connectivity index (χ3v) is 3.26. The molecule has 1 N–H and O–H groups in total. The van der Waals surface area contributed by atoms with Crippen molar-refractivity contribution in [1.82, 2.24) is 5.32 Å². The normalized spacial score (nSPS) is 10.8. The van der Waals surface area contributed by atoms with Crippen LogP contribution in [0.3, 0.4) is 0 Å². The van der Waals surface area contributed by atoms with Gasteiger partial charge >= 0.3 is 12.6 Å². The van der Waals surface area contributed by atoms with Gasteiger partial charge in [0.05, 0.1) is 7.11 Å². The molecule has 0 bridgehead atoms. The fourth-order valence-corrected chi connectivity index (χ4v) is 1.98. The van der Waals surface area contributed by atoms with E-state index in [0.29, 0.717) is 12.1 Å². The zero-order valence-electron chi connectivity index (χ0n) is 14.8. The number of ether oxygens (including phenoxy) is 3. The minimum atomic E-state index is -2.96. The van der Waals surface area contributed by atoms with Gasteiger partial charge in [-0.2, -0.15) is 8.78 Å². The molecule has 6 nitrogen and oxygen atoms in total. The molecule has 8 heteroatoms. The highest BCUT2D eigenvalue weighted by Crippen LogP contribution is 2.29. The van der Waals surface area contributed by atoms with Gasteiger partial charge in [-0.05, 0) is 30.2 Å². The summed E-state index contributed by atoms with van der Waals surface area (Å²) in [5.41, 5.74) is 0.518. The summed E-state index contributed by atoms with van der Waals surface area (Å²) in [6.07, 6.45) is 5.50. The van der Waals surface area contributed by atoms with Gasteiger partial charge in [0.25, 0.3) is 5.91 Å². The second kappa shape index (κ2) is 11.8. The number of benzene rings is 1. The van der Waals surface area contributed by atoms with E-state index in [4.69, 9.17) is 9.47 Å². The minimum Gasteiger partial charge on any atom is -0.493 e. The van der Waals surface area contributed by atoms with Crippen molar-refractivity contribution in [3.05, 3.63) is 29.8 Å². The van der Waals surface area contributed by atoms with Gasteiger partial charge in [0, 0.05) is 12.6 Å². The van der Waals surface area contributed by atoms with Crippen LogP contribution in [-0.2, 0) is 14.3 Å². The van der Waals surface area contributed by atoms with Crippen molar-refractivity contribution in [2.45, 2.75) is 32.8 Å². The minimum absolute atomic E-state index is 0.104. The van der Waals surface area contributed by atoms with Crippen molar-refractivity contribution in [2.75, 3.05) is 20.3 Å². The first-order valence-corrected chi connectivity index (χ1v) is 8.20. The maximum absolute atomic E-state index is 12.3. The van der Waals surface area contributed by atoms with Gasteiger partial charge < -0.3 is 19.5 Å². The second-order valence-corrected chi connectivity index (χ2v) is 5.29. The summed E-state index contributed by atoms with van der Waals surface area (Å²) in [4.78, 5) is 23.1. The summed E-state index contributed by atoms with van der Waals surface area (Å²) >= 11 is 0. The van der Waals surface area contributed by atoms with Gasteiger partial charge in [0.15, 0.2) is 18.1 Å². The maximum Gasteiger partial charge on any atom is 0.387 e. The molecule has 26 heavy (non-hydrogen) atoms. The first-order valence-electron chi connectivity index (χ1n) is 8.20. The highest BCUT2D eigenvalue weighted by Gasteiger charge is 2.10. The molecule has 0 atom stereocenters. The van der Waals surface area contributed by atoms with Crippen LogP contribution >= 0.6 is 0 Å². The van der Waals surface area contributed by atoms with Crippen molar-refractivity contribution in [1.29, 1.82) is 0 Å². The number of hydrogen-bond donors (Lipinski definition) is 1. The Balaban J connectivity index is 2.48. The monoisotopic (exact) mass is 371 g/mol. The Kier molecular flexibility index (Phi) is 9.74. The molecular weight excluding hydrogens is 348 g/mol. The van der Waals surface area contributed by atoms with Crippen molar-refractivity contribution in [3.63, 3.8) is 0 Å². The Labute approximate surface area is 151 Å². The molecule has 1 rings (SSSR count). The third-order valence-electron chi connectivity index (χ3n) is 3.26. The number of nitrogens with one attached hydrogen (secondary N) is 1. The molecule has 1 amide bonds. The number of carbonyl (C=O) groups is 2. The van der Waals surface area contributed by atoms with Crippen LogP contribution in [0.4, 0.5) is 8.78 Å². The first kappa shape index (κ1) is 21.4. The number of methoxy groups -OCH3 is 1. The number of unbranched alkanes of at least 4 members (excludes halogenated alkanes) is 2. The maximum atomic E-state index is 12.3. The molecule has 0 aromatic heterocycles. The van der Waals surface area contributed by atoms with Gasteiger partial charge in [0.2, 0.25) is 0 Å². The molecule has 0 radical (unpaired) electrons. The smallest absolute Gasteiger partial charge is 0.387 e. The second-order valence-electron chi connectivity index (χ2n) is 5.29. The summed E-state index contributed by atoms with van der Waals surface area (Å²) in [5.74, 6) is -1.06. The Morgan fingerprint density at radius 1 is 1.23 bits per heavy atom. The summed E-state index contributed by atoms with van der Waals surface area (Å²) in [7, 11) is 1.31. The lowest BCUT2D eigenvalue weighted by molar-refractivity contribution is -0.143.